The van der Waals surface area contributed by atoms with E-state index in [1.54, 1.807) is 0 Å². The summed E-state index contributed by atoms with van der Waals surface area (Å²) in [6.45, 7) is 10.6. The maximum absolute atomic E-state index is 12.5. The number of hydrogen-bond acceptors (Lipinski definition) is 3. The largest absolute Gasteiger partial charge is 0.316 e. The van der Waals surface area contributed by atoms with Gasteiger partial charge >= 0.3 is 0 Å². The van der Waals surface area contributed by atoms with E-state index in [4.69, 9.17) is 5.10 Å². The van der Waals surface area contributed by atoms with Crippen LogP contribution in [-0.2, 0) is 10.2 Å². The van der Waals surface area contributed by atoms with Gasteiger partial charge in [0.1, 0.15) is 5.82 Å². The normalized spacial score (nSPS) is 16.8. The molecule has 1 aromatic carbocycles. The predicted octanol–water partition coefficient (Wildman–Crippen LogP) is 4.23. The van der Waals surface area contributed by atoms with Crippen molar-refractivity contribution < 1.29 is 4.79 Å². The summed E-state index contributed by atoms with van der Waals surface area (Å²) in [6.07, 6.45) is 2.66. The molecule has 0 bridgehead atoms. The predicted molar refractivity (Wildman–Crippen MR) is 113 cm³/mol. The number of halogens is 1. The first kappa shape index (κ1) is 21.5. The van der Waals surface area contributed by atoms with Gasteiger partial charge in [-0.25, -0.2) is 4.68 Å². The fourth-order valence-corrected chi connectivity index (χ4v) is 3.22. The highest BCUT2D eigenvalue weighted by atomic mass is 35.5. The standard InChI is InChI=1S/C21H30N4O.ClH/c1-15-5-8-17(9-6-15)25-19(13-18(24-25)21(2,3)4)23-20(26)10-7-16-11-12-22-14-16;/h5-6,8-9,13,16,22H,7,10-12,14H2,1-4H3,(H,23,26);1H. The van der Waals surface area contributed by atoms with Crippen LogP contribution in [0.15, 0.2) is 30.3 Å². The van der Waals surface area contributed by atoms with E-state index in [2.05, 4.69) is 50.5 Å². The van der Waals surface area contributed by atoms with Gasteiger partial charge in [0.25, 0.3) is 0 Å². The van der Waals surface area contributed by atoms with Gasteiger partial charge in [-0.2, -0.15) is 5.10 Å². The van der Waals surface area contributed by atoms with Crippen molar-refractivity contribution in [1.29, 1.82) is 0 Å². The highest BCUT2D eigenvalue weighted by Crippen LogP contribution is 2.26. The molecule has 1 saturated heterocycles. The minimum atomic E-state index is -0.0784. The van der Waals surface area contributed by atoms with E-state index in [-0.39, 0.29) is 23.7 Å². The molecule has 6 heteroatoms. The highest BCUT2D eigenvalue weighted by molar-refractivity contribution is 5.90. The van der Waals surface area contributed by atoms with Crippen molar-refractivity contribution in [3.8, 4) is 5.69 Å². The summed E-state index contributed by atoms with van der Waals surface area (Å²) in [7, 11) is 0. The first-order chi connectivity index (χ1) is 12.3. The first-order valence-corrected chi connectivity index (χ1v) is 9.51. The van der Waals surface area contributed by atoms with Crippen LogP contribution in [0, 0.1) is 12.8 Å². The molecule has 0 aliphatic carbocycles. The van der Waals surface area contributed by atoms with Crippen LogP contribution in [0.2, 0.25) is 0 Å². The second-order valence-corrected chi connectivity index (χ2v) is 8.36. The third-order valence-corrected chi connectivity index (χ3v) is 4.97. The van der Waals surface area contributed by atoms with Crippen molar-refractivity contribution in [2.24, 2.45) is 5.92 Å². The molecule has 148 valence electrons. The second-order valence-electron chi connectivity index (χ2n) is 8.36. The number of carbonyl (C=O) groups excluding carboxylic acids is 1. The maximum atomic E-state index is 12.5. The molecule has 2 N–H and O–H groups in total. The number of rotatable bonds is 5. The van der Waals surface area contributed by atoms with Crippen LogP contribution >= 0.6 is 12.4 Å². The molecule has 1 aliphatic rings. The summed E-state index contributed by atoms with van der Waals surface area (Å²) in [5.74, 6) is 1.42. The van der Waals surface area contributed by atoms with E-state index in [0.717, 1.165) is 36.7 Å². The molecule has 1 aliphatic heterocycles. The quantitative estimate of drug-likeness (QED) is 0.803. The van der Waals surface area contributed by atoms with Crippen molar-refractivity contribution in [3.63, 3.8) is 0 Å². The number of aryl methyl sites for hydroxylation is 1. The summed E-state index contributed by atoms with van der Waals surface area (Å²) < 4.78 is 1.84. The molecule has 5 nitrogen and oxygen atoms in total. The number of anilines is 1. The Labute approximate surface area is 168 Å². The third kappa shape index (κ3) is 5.56. The molecule has 1 unspecified atom stereocenters. The monoisotopic (exact) mass is 390 g/mol. The van der Waals surface area contributed by atoms with Gasteiger partial charge < -0.3 is 10.6 Å². The molecule has 0 spiro atoms. The van der Waals surface area contributed by atoms with Crippen molar-refractivity contribution in [2.45, 2.75) is 52.4 Å². The number of benzene rings is 1. The lowest BCUT2D eigenvalue weighted by Crippen LogP contribution is -2.17. The van der Waals surface area contributed by atoms with Crippen LogP contribution in [0.1, 0.15) is 51.3 Å². The maximum Gasteiger partial charge on any atom is 0.225 e. The minimum Gasteiger partial charge on any atom is -0.316 e. The van der Waals surface area contributed by atoms with Crippen molar-refractivity contribution in [1.82, 2.24) is 15.1 Å². The Hall–Kier alpha value is -1.85. The van der Waals surface area contributed by atoms with Crippen LogP contribution < -0.4 is 10.6 Å². The second kappa shape index (κ2) is 8.89. The van der Waals surface area contributed by atoms with Gasteiger partial charge in [-0.1, -0.05) is 38.5 Å². The minimum absolute atomic E-state index is 0. The molecule has 27 heavy (non-hydrogen) atoms. The summed E-state index contributed by atoms with van der Waals surface area (Å²) >= 11 is 0. The van der Waals surface area contributed by atoms with E-state index < -0.39 is 0 Å². The van der Waals surface area contributed by atoms with Gasteiger partial charge in [-0.05, 0) is 50.9 Å². The van der Waals surface area contributed by atoms with Crippen LogP contribution in [-0.4, -0.2) is 28.8 Å². The lowest BCUT2D eigenvalue weighted by Gasteiger charge is -2.14. The lowest BCUT2D eigenvalue weighted by molar-refractivity contribution is -0.116. The zero-order valence-electron chi connectivity index (χ0n) is 16.7. The zero-order chi connectivity index (χ0) is 18.7. The Kier molecular flexibility index (Phi) is 7.06. The molecule has 2 aromatic rings. The molecular formula is C21H31ClN4O. The average Bonchev–Trinajstić information content (AvgIpc) is 3.23. The summed E-state index contributed by atoms with van der Waals surface area (Å²) in [5.41, 5.74) is 3.05. The molecule has 0 saturated carbocycles. The fourth-order valence-electron chi connectivity index (χ4n) is 3.22. The van der Waals surface area contributed by atoms with Crippen LogP contribution in [0.4, 0.5) is 5.82 Å². The highest BCUT2D eigenvalue weighted by Gasteiger charge is 2.22. The van der Waals surface area contributed by atoms with E-state index in [1.807, 2.05) is 22.9 Å². The van der Waals surface area contributed by atoms with Gasteiger partial charge in [-0.15, -0.1) is 12.4 Å². The Bertz CT molecular complexity index is 755. The number of hydrogen-bond donors (Lipinski definition) is 2. The average molecular weight is 391 g/mol. The lowest BCUT2D eigenvalue weighted by atomic mass is 9.92. The van der Waals surface area contributed by atoms with Gasteiger partial charge in [0.05, 0.1) is 11.4 Å². The number of nitrogens with zero attached hydrogens (tertiary/aromatic N) is 2. The topological polar surface area (TPSA) is 59.0 Å². The molecule has 1 atom stereocenters. The van der Waals surface area contributed by atoms with Gasteiger partial charge in [-0.3, -0.25) is 4.79 Å². The Balaban J connectivity index is 0.00000261. The van der Waals surface area contributed by atoms with Crippen molar-refractivity contribution in [3.05, 3.63) is 41.6 Å². The third-order valence-electron chi connectivity index (χ3n) is 4.97. The summed E-state index contributed by atoms with van der Waals surface area (Å²) in [4.78, 5) is 12.5. The van der Waals surface area contributed by atoms with Crippen LogP contribution in [0.3, 0.4) is 0 Å². The molecule has 1 amide bonds. The molecule has 3 rings (SSSR count). The number of amides is 1. The number of aromatic nitrogens is 2. The zero-order valence-corrected chi connectivity index (χ0v) is 17.5. The van der Waals surface area contributed by atoms with Crippen molar-refractivity contribution in [2.75, 3.05) is 18.4 Å². The van der Waals surface area contributed by atoms with Crippen molar-refractivity contribution >= 4 is 24.1 Å². The van der Waals surface area contributed by atoms with Gasteiger partial charge in [0.2, 0.25) is 5.91 Å². The Morgan fingerprint density at radius 2 is 2.00 bits per heavy atom. The van der Waals surface area contributed by atoms with E-state index in [1.165, 1.54) is 12.0 Å². The van der Waals surface area contributed by atoms with Gasteiger partial charge in [0, 0.05) is 17.9 Å². The van der Waals surface area contributed by atoms with E-state index in [9.17, 15) is 4.79 Å². The Morgan fingerprint density at radius 1 is 1.30 bits per heavy atom. The first-order valence-electron chi connectivity index (χ1n) is 9.51. The van der Waals surface area contributed by atoms with E-state index in [0.29, 0.717) is 12.3 Å². The van der Waals surface area contributed by atoms with Gasteiger partial charge in [0.15, 0.2) is 0 Å². The van der Waals surface area contributed by atoms with E-state index >= 15 is 0 Å². The molecular weight excluding hydrogens is 360 g/mol. The molecule has 1 fully saturated rings. The smallest absolute Gasteiger partial charge is 0.225 e. The Morgan fingerprint density at radius 3 is 2.59 bits per heavy atom. The molecule has 2 heterocycles. The SMILES string of the molecule is Cc1ccc(-n2nc(C(C)(C)C)cc2NC(=O)CCC2CCNC2)cc1.Cl. The van der Waals surface area contributed by atoms with Crippen LogP contribution in [0.25, 0.3) is 5.69 Å². The molecule has 0 radical (unpaired) electrons. The fraction of sp³-hybridized carbons (Fsp3) is 0.524. The van der Waals surface area contributed by atoms with Crippen LogP contribution in [0.5, 0.6) is 0 Å². The number of nitrogens with one attached hydrogen (secondary N) is 2. The summed E-state index contributed by atoms with van der Waals surface area (Å²) in [5, 5.41) is 11.2. The summed E-state index contributed by atoms with van der Waals surface area (Å²) in [6, 6.07) is 10.2. The molecule has 1 aromatic heterocycles. The number of carbonyl (C=O) groups is 1.